The third kappa shape index (κ3) is 2.20. The van der Waals surface area contributed by atoms with Gasteiger partial charge in [-0.1, -0.05) is 18.2 Å². The number of hydrogen-bond donors (Lipinski definition) is 1. The fourth-order valence-corrected chi connectivity index (χ4v) is 3.83. The zero-order valence-corrected chi connectivity index (χ0v) is 12.8. The van der Waals surface area contributed by atoms with Crippen LogP contribution in [0.2, 0.25) is 0 Å². The molecule has 1 aromatic heterocycles. The molecule has 0 bridgehead atoms. The number of nitro benzene ring substituents is 1. The van der Waals surface area contributed by atoms with Crippen molar-refractivity contribution in [2.24, 2.45) is 5.92 Å². The minimum atomic E-state index is -0.314. The van der Waals surface area contributed by atoms with Crippen molar-refractivity contribution in [2.45, 2.75) is 25.3 Å². The second-order valence-electron chi connectivity index (χ2n) is 6.21. The van der Waals surface area contributed by atoms with Gasteiger partial charge in [0.25, 0.3) is 5.69 Å². The van der Waals surface area contributed by atoms with Crippen molar-refractivity contribution in [2.75, 3.05) is 5.32 Å². The lowest BCUT2D eigenvalue weighted by atomic mass is 9.77. The highest BCUT2D eigenvalue weighted by Gasteiger charge is 2.39. The highest BCUT2D eigenvalue weighted by atomic mass is 16.6. The molecular weight excluding hydrogens is 290 g/mol. The van der Waals surface area contributed by atoms with Gasteiger partial charge in [-0.2, -0.15) is 0 Å². The molecule has 0 amide bonds. The Balaban J connectivity index is 1.84. The Kier molecular flexibility index (Phi) is 3.15. The van der Waals surface area contributed by atoms with Crippen LogP contribution in [0, 0.1) is 23.0 Å². The SMILES string of the molecule is Cc1cc([N+](=O)[O-])cc2c1N[C@H](c1ccccn1)[C@@H]1CC=C[C@H]21. The Morgan fingerprint density at radius 1 is 1.35 bits per heavy atom. The fourth-order valence-electron chi connectivity index (χ4n) is 3.83. The van der Waals surface area contributed by atoms with Crippen molar-refractivity contribution in [1.82, 2.24) is 4.98 Å². The first-order chi connectivity index (χ1) is 11.1. The van der Waals surface area contributed by atoms with E-state index in [4.69, 9.17) is 0 Å². The van der Waals surface area contributed by atoms with Crippen LogP contribution in [0.4, 0.5) is 11.4 Å². The first-order valence-corrected chi connectivity index (χ1v) is 7.78. The molecule has 1 aliphatic carbocycles. The van der Waals surface area contributed by atoms with Gasteiger partial charge in [0.2, 0.25) is 0 Å². The van der Waals surface area contributed by atoms with Crippen LogP contribution in [-0.2, 0) is 0 Å². The molecule has 0 saturated carbocycles. The molecule has 0 unspecified atom stereocenters. The summed E-state index contributed by atoms with van der Waals surface area (Å²) in [5.74, 6) is 0.552. The summed E-state index contributed by atoms with van der Waals surface area (Å²) in [6, 6.07) is 9.44. The normalized spacial score (nSPS) is 24.7. The molecule has 0 saturated heterocycles. The van der Waals surface area contributed by atoms with E-state index in [0.717, 1.165) is 28.9 Å². The quantitative estimate of drug-likeness (QED) is 0.514. The van der Waals surface area contributed by atoms with E-state index in [2.05, 4.69) is 22.5 Å². The van der Waals surface area contributed by atoms with Crippen LogP contribution in [-0.4, -0.2) is 9.91 Å². The molecule has 2 aromatic rings. The number of benzene rings is 1. The Bertz CT molecular complexity index is 801. The van der Waals surface area contributed by atoms with E-state index in [1.165, 1.54) is 0 Å². The molecule has 4 rings (SSSR count). The van der Waals surface area contributed by atoms with Crippen LogP contribution in [0.25, 0.3) is 0 Å². The summed E-state index contributed by atoms with van der Waals surface area (Å²) in [6.45, 7) is 1.92. The van der Waals surface area contributed by atoms with Gasteiger partial charge in [-0.15, -0.1) is 0 Å². The Morgan fingerprint density at radius 3 is 2.96 bits per heavy atom. The first kappa shape index (κ1) is 13.9. The molecule has 2 heterocycles. The molecule has 5 heteroatoms. The molecule has 1 aliphatic heterocycles. The third-order valence-corrected chi connectivity index (χ3v) is 4.87. The number of rotatable bonds is 2. The number of anilines is 1. The second kappa shape index (κ2) is 5.19. The minimum Gasteiger partial charge on any atom is -0.376 e. The van der Waals surface area contributed by atoms with E-state index in [-0.39, 0.29) is 22.6 Å². The van der Waals surface area contributed by atoms with Gasteiger partial charge in [0, 0.05) is 29.9 Å². The molecule has 116 valence electrons. The molecular formula is C18H17N3O2. The Hall–Kier alpha value is -2.69. The standard InChI is InChI=1S/C18H17N3O2/c1-11-9-12(21(22)23)10-15-13-5-4-6-14(13)18(20-17(11)15)16-7-2-3-8-19-16/h2-5,7-10,13-14,18,20H,6H2,1H3/t13-,14+,18-/m0/s1. The predicted molar refractivity (Wildman–Crippen MR) is 88.4 cm³/mol. The van der Waals surface area contributed by atoms with Gasteiger partial charge in [-0.05, 0) is 42.5 Å². The average molecular weight is 307 g/mol. The number of nitrogens with zero attached hydrogens (tertiary/aromatic N) is 2. The van der Waals surface area contributed by atoms with E-state index < -0.39 is 0 Å². The van der Waals surface area contributed by atoms with Gasteiger partial charge < -0.3 is 5.32 Å². The largest absolute Gasteiger partial charge is 0.376 e. The van der Waals surface area contributed by atoms with Gasteiger partial charge in [0.15, 0.2) is 0 Å². The average Bonchev–Trinajstić information content (AvgIpc) is 3.04. The molecule has 0 radical (unpaired) electrons. The van der Waals surface area contributed by atoms with E-state index in [0.29, 0.717) is 5.92 Å². The first-order valence-electron chi connectivity index (χ1n) is 7.78. The van der Waals surface area contributed by atoms with Gasteiger partial charge >= 0.3 is 0 Å². The van der Waals surface area contributed by atoms with Crippen LogP contribution in [0.1, 0.15) is 35.2 Å². The number of hydrogen-bond acceptors (Lipinski definition) is 4. The Morgan fingerprint density at radius 2 is 2.22 bits per heavy atom. The number of fused-ring (bicyclic) bond motifs is 3. The number of aromatic nitrogens is 1. The third-order valence-electron chi connectivity index (χ3n) is 4.87. The van der Waals surface area contributed by atoms with Gasteiger partial charge in [-0.3, -0.25) is 15.1 Å². The summed E-state index contributed by atoms with van der Waals surface area (Å²) in [6.07, 6.45) is 7.13. The summed E-state index contributed by atoms with van der Waals surface area (Å²) in [7, 11) is 0. The van der Waals surface area contributed by atoms with E-state index in [1.54, 1.807) is 12.1 Å². The molecule has 0 fully saturated rings. The predicted octanol–water partition coefficient (Wildman–Crippen LogP) is 4.12. The second-order valence-corrected chi connectivity index (χ2v) is 6.21. The molecule has 3 atom stereocenters. The molecule has 1 aromatic carbocycles. The smallest absolute Gasteiger partial charge is 0.270 e. The molecule has 5 nitrogen and oxygen atoms in total. The van der Waals surface area contributed by atoms with Crippen molar-refractivity contribution in [3.63, 3.8) is 0 Å². The summed E-state index contributed by atoms with van der Waals surface area (Å²) in [5.41, 5.74) is 4.14. The highest BCUT2D eigenvalue weighted by Crippen LogP contribution is 2.51. The number of nitro groups is 1. The maximum atomic E-state index is 11.2. The maximum Gasteiger partial charge on any atom is 0.270 e. The number of aryl methyl sites for hydroxylation is 1. The zero-order valence-electron chi connectivity index (χ0n) is 12.8. The van der Waals surface area contributed by atoms with E-state index in [1.807, 2.05) is 31.3 Å². The van der Waals surface area contributed by atoms with Crippen molar-refractivity contribution in [3.8, 4) is 0 Å². The summed E-state index contributed by atoms with van der Waals surface area (Å²) in [5, 5.41) is 14.8. The van der Waals surface area contributed by atoms with Gasteiger partial charge in [0.05, 0.1) is 16.7 Å². The zero-order chi connectivity index (χ0) is 16.0. The Labute approximate surface area is 134 Å². The van der Waals surface area contributed by atoms with Crippen LogP contribution in [0.3, 0.4) is 0 Å². The fraction of sp³-hybridized carbons (Fsp3) is 0.278. The van der Waals surface area contributed by atoms with Crippen molar-refractivity contribution in [1.29, 1.82) is 0 Å². The van der Waals surface area contributed by atoms with Crippen molar-refractivity contribution >= 4 is 11.4 Å². The molecule has 0 spiro atoms. The van der Waals surface area contributed by atoms with E-state index >= 15 is 0 Å². The van der Waals surface area contributed by atoms with Crippen LogP contribution >= 0.6 is 0 Å². The maximum absolute atomic E-state index is 11.2. The summed E-state index contributed by atoms with van der Waals surface area (Å²) < 4.78 is 0. The van der Waals surface area contributed by atoms with Crippen molar-refractivity contribution < 1.29 is 4.92 Å². The van der Waals surface area contributed by atoms with Crippen LogP contribution in [0.15, 0.2) is 48.7 Å². The van der Waals surface area contributed by atoms with Gasteiger partial charge in [0.1, 0.15) is 0 Å². The number of non-ortho nitro benzene ring substituents is 1. The van der Waals surface area contributed by atoms with Crippen molar-refractivity contribution in [3.05, 3.63) is 75.6 Å². The lowest BCUT2D eigenvalue weighted by molar-refractivity contribution is -0.385. The highest BCUT2D eigenvalue weighted by molar-refractivity contribution is 5.67. The number of nitrogens with one attached hydrogen (secondary N) is 1. The van der Waals surface area contributed by atoms with Crippen LogP contribution < -0.4 is 5.32 Å². The monoisotopic (exact) mass is 307 g/mol. The topological polar surface area (TPSA) is 68.1 Å². The lowest BCUT2D eigenvalue weighted by Crippen LogP contribution is -2.30. The van der Waals surface area contributed by atoms with Crippen LogP contribution in [0.5, 0.6) is 0 Å². The molecule has 23 heavy (non-hydrogen) atoms. The summed E-state index contributed by atoms with van der Waals surface area (Å²) >= 11 is 0. The van der Waals surface area contributed by atoms with E-state index in [9.17, 15) is 10.1 Å². The number of allylic oxidation sites excluding steroid dienone is 2. The van der Waals surface area contributed by atoms with Gasteiger partial charge in [-0.25, -0.2) is 0 Å². The minimum absolute atomic E-state index is 0.129. The summed E-state index contributed by atoms with van der Waals surface area (Å²) in [4.78, 5) is 15.4. The lowest BCUT2D eigenvalue weighted by Gasteiger charge is -2.37. The number of pyridine rings is 1. The molecule has 1 N–H and O–H groups in total. The molecule has 2 aliphatic rings.